The summed E-state index contributed by atoms with van der Waals surface area (Å²) in [5.41, 5.74) is 1.93. The van der Waals surface area contributed by atoms with E-state index < -0.39 is 6.10 Å². The number of pyridine rings is 1. The summed E-state index contributed by atoms with van der Waals surface area (Å²) in [6.07, 6.45) is 9.88. The molecule has 1 N–H and O–H groups in total. The average Bonchev–Trinajstić information content (AvgIpc) is 2.80. The number of benzene rings is 1. The van der Waals surface area contributed by atoms with Gasteiger partial charge in [0.1, 0.15) is 5.75 Å². The van der Waals surface area contributed by atoms with E-state index in [1.165, 1.54) is 32.1 Å². The number of unbranched alkanes of at least 4 members (excludes halogenated alkanes) is 2. The summed E-state index contributed by atoms with van der Waals surface area (Å²) < 4.78 is 6.06. The third-order valence-corrected chi connectivity index (χ3v) is 7.58. The number of aliphatic hydroxyl groups is 1. The zero-order chi connectivity index (χ0) is 21.8. The summed E-state index contributed by atoms with van der Waals surface area (Å²) in [5, 5.41) is 12.5. The van der Waals surface area contributed by atoms with Crippen LogP contribution in [0.3, 0.4) is 0 Å². The van der Waals surface area contributed by atoms with Crippen molar-refractivity contribution >= 4 is 35.7 Å². The lowest BCUT2D eigenvalue weighted by Gasteiger charge is -2.51. The Morgan fingerprint density at radius 1 is 1.15 bits per heavy atom. The second kappa shape index (κ2) is 13.1. The second-order valence-electron chi connectivity index (χ2n) is 10.1. The fraction of sp³-hybridized carbons (Fsp3) is 0.667. The number of rotatable bonds is 10. The minimum atomic E-state index is -0.475. The number of piperidine rings is 3. The molecule has 2 bridgehead atoms. The first kappa shape index (κ1) is 28.2. The van der Waals surface area contributed by atoms with Gasteiger partial charge in [-0.1, -0.05) is 46.5 Å². The summed E-state index contributed by atoms with van der Waals surface area (Å²) in [6, 6.07) is 8.35. The van der Waals surface area contributed by atoms with Crippen molar-refractivity contribution in [3.05, 3.63) is 36.0 Å². The van der Waals surface area contributed by atoms with Gasteiger partial charge in [0.2, 0.25) is 0 Å². The fourth-order valence-corrected chi connectivity index (χ4v) is 5.69. The van der Waals surface area contributed by atoms with Gasteiger partial charge in [-0.25, -0.2) is 0 Å². The van der Waals surface area contributed by atoms with Gasteiger partial charge in [-0.05, 0) is 73.4 Å². The van der Waals surface area contributed by atoms with Gasteiger partial charge < -0.3 is 9.84 Å². The Labute approximate surface area is 212 Å². The smallest absolute Gasteiger partial charge is 0.120 e. The third kappa shape index (κ3) is 6.75. The maximum Gasteiger partial charge on any atom is 0.120 e. The molecule has 1 unspecified atom stereocenters. The molecule has 0 radical (unpaired) electrons. The van der Waals surface area contributed by atoms with Crippen molar-refractivity contribution in [2.24, 2.45) is 17.8 Å². The highest BCUT2D eigenvalue weighted by atomic mass is 35.5. The highest BCUT2D eigenvalue weighted by Crippen LogP contribution is 2.42. The van der Waals surface area contributed by atoms with Crippen molar-refractivity contribution in [2.45, 2.75) is 77.9 Å². The van der Waals surface area contributed by atoms with Gasteiger partial charge in [0, 0.05) is 24.2 Å². The third-order valence-electron chi connectivity index (χ3n) is 7.58. The molecule has 2 aromatic rings. The molecule has 0 saturated carbocycles. The molecule has 33 heavy (non-hydrogen) atoms. The molecule has 4 nitrogen and oxygen atoms in total. The summed E-state index contributed by atoms with van der Waals surface area (Å²) in [5.74, 6) is 3.22. The molecule has 6 heteroatoms. The van der Waals surface area contributed by atoms with Crippen LogP contribution in [0, 0.1) is 17.8 Å². The van der Waals surface area contributed by atoms with Crippen LogP contribution in [0.2, 0.25) is 0 Å². The van der Waals surface area contributed by atoms with E-state index in [0.717, 1.165) is 72.5 Å². The molecule has 3 fully saturated rings. The highest BCUT2D eigenvalue weighted by molar-refractivity contribution is 5.85. The molecular formula is C27H42Cl2N2O2. The maximum atomic E-state index is 11.4. The van der Waals surface area contributed by atoms with Crippen molar-refractivity contribution in [2.75, 3.05) is 19.7 Å². The van der Waals surface area contributed by atoms with Crippen molar-refractivity contribution in [1.82, 2.24) is 9.88 Å². The van der Waals surface area contributed by atoms with E-state index in [2.05, 4.69) is 36.7 Å². The van der Waals surface area contributed by atoms with Gasteiger partial charge in [0.15, 0.2) is 0 Å². The number of aromatic nitrogens is 1. The van der Waals surface area contributed by atoms with E-state index >= 15 is 0 Å². The predicted octanol–water partition coefficient (Wildman–Crippen LogP) is 6.83. The molecule has 1 aromatic carbocycles. The van der Waals surface area contributed by atoms with E-state index in [4.69, 9.17) is 4.74 Å². The lowest BCUT2D eigenvalue weighted by atomic mass is 9.72. The van der Waals surface area contributed by atoms with Crippen LogP contribution in [0.15, 0.2) is 30.5 Å². The first-order chi connectivity index (χ1) is 15.1. The topological polar surface area (TPSA) is 45.6 Å². The Hall–Kier alpha value is -1.07. The van der Waals surface area contributed by atoms with Crippen LogP contribution in [-0.2, 0) is 0 Å². The van der Waals surface area contributed by atoms with Crippen LogP contribution in [0.1, 0.15) is 77.4 Å². The first-order valence-corrected chi connectivity index (χ1v) is 12.5. The van der Waals surface area contributed by atoms with Crippen LogP contribution in [0.5, 0.6) is 5.75 Å². The van der Waals surface area contributed by atoms with Gasteiger partial charge in [-0.15, -0.1) is 24.8 Å². The van der Waals surface area contributed by atoms with Crippen LogP contribution in [0.4, 0.5) is 0 Å². The Morgan fingerprint density at radius 3 is 2.67 bits per heavy atom. The number of halogens is 2. The van der Waals surface area contributed by atoms with E-state index in [0.29, 0.717) is 0 Å². The molecule has 5 rings (SSSR count). The number of fused-ring (bicyclic) bond motifs is 4. The molecule has 3 aliphatic rings. The normalized spacial score (nSPS) is 24.9. The standard InChI is InChI=1S/C27H40N2O2.2ClH/c1-4-20-18-29-14-12-21(20)16-26(29)27(30)23-11-13-28-25-10-9-22(17-24(23)25)31-15-7-5-6-8-19(2)3;;/h9-11,13,17,19-21,26-27,30H,4-8,12,14-16,18H2,1-3H3;2*1H/t20-,21-,26-,27+;;/m0../s1. The Morgan fingerprint density at radius 2 is 1.97 bits per heavy atom. The average molecular weight is 498 g/mol. The molecule has 0 aliphatic carbocycles. The number of nitrogens with zero attached hydrogens (tertiary/aromatic N) is 2. The molecule has 3 saturated heterocycles. The van der Waals surface area contributed by atoms with Crippen LogP contribution < -0.4 is 4.74 Å². The highest BCUT2D eigenvalue weighted by Gasteiger charge is 2.42. The molecular weight excluding hydrogens is 455 g/mol. The Bertz CT molecular complexity index is 863. The first-order valence-electron chi connectivity index (χ1n) is 12.5. The van der Waals surface area contributed by atoms with E-state index in [1.54, 1.807) is 0 Å². The van der Waals surface area contributed by atoms with Gasteiger partial charge in [-0.2, -0.15) is 0 Å². The lowest BCUT2D eigenvalue weighted by molar-refractivity contribution is -0.0562. The van der Waals surface area contributed by atoms with Crippen molar-refractivity contribution in [1.29, 1.82) is 0 Å². The maximum absolute atomic E-state index is 11.4. The van der Waals surface area contributed by atoms with Crippen LogP contribution >= 0.6 is 24.8 Å². The summed E-state index contributed by atoms with van der Waals surface area (Å²) in [6.45, 7) is 9.87. The lowest BCUT2D eigenvalue weighted by Crippen LogP contribution is -2.55. The summed E-state index contributed by atoms with van der Waals surface area (Å²) in [7, 11) is 0. The number of ether oxygens (including phenoxy) is 1. The van der Waals surface area contributed by atoms with Crippen LogP contribution in [-0.4, -0.2) is 40.7 Å². The minimum Gasteiger partial charge on any atom is -0.494 e. The van der Waals surface area contributed by atoms with E-state index in [-0.39, 0.29) is 30.9 Å². The summed E-state index contributed by atoms with van der Waals surface area (Å²) >= 11 is 0. The molecule has 4 heterocycles. The van der Waals surface area contributed by atoms with E-state index in [1.807, 2.05) is 24.4 Å². The fourth-order valence-electron chi connectivity index (χ4n) is 5.69. The zero-order valence-electron chi connectivity index (χ0n) is 20.4. The SMILES string of the molecule is CC[C@H]1CN2CC[C@H]1C[C@H]2[C@H](O)c1ccnc2ccc(OCCCCCC(C)C)cc12.Cl.Cl. The Kier molecular flexibility index (Phi) is 11.2. The molecule has 3 aliphatic heterocycles. The second-order valence-corrected chi connectivity index (χ2v) is 10.1. The summed E-state index contributed by atoms with van der Waals surface area (Å²) in [4.78, 5) is 7.07. The monoisotopic (exact) mass is 496 g/mol. The Balaban J connectivity index is 0.00000193. The minimum absolute atomic E-state index is 0. The molecule has 0 spiro atoms. The van der Waals surface area contributed by atoms with Gasteiger partial charge in [0.05, 0.1) is 18.2 Å². The van der Waals surface area contributed by atoms with Crippen molar-refractivity contribution in [3.8, 4) is 5.75 Å². The van der Waals surface area contributed by atoms with Gasteiger partial charge in [0.25, 0.3) is 0 Å². The predicted molar refractivity (Wildman–Crippen MR) is 142 cm³/mol. The number of hydrogen-bond donors (Lipinski definition) is 1. The van der Waals surface area contributed by atoms with Crippen molar-refractivity contribution in [3.63, 3.8) is 0 Å². The van der Waals surface area contributed by atoms with E-state index in [9.17, 15) is 5.11 Å². The number of hydrogen-bond acceptors (Lipinski definition) is 4. The molecule has 1 aromatic heterocycles. The van der Waals surface area contributed by atoms with Crippen molar-refractivity contribution < 1.29 is 9.84 Å². The quantitative estimate of drug-likeness (QED) is 0.366. The largest absolute Gasteiger partial charge is 0.494 e. The van der Waals surface area contributed by atoms with Gasteiger partial charge >= 0.3 is 0 Å². The van der Waals surface area contributed by atoms with Gasteiger partial charge in [-0.3, -0.25) is 9.88 Å². The molecule has 0 amide bonds. The number of aliphatic hydroxyl groups excluding tert-OH is 1. The molecule has 186 valence electrons. The zero-order valence-corrected chi connectivity index (χ0v) is 22.0. The van der Waals surface area contributed by atoms with Crippen LogP contribution in [0.25, 0.3) is 10.9 Å². The molecule has 5 atom stereocenters.